The molecule has 0 aliphatic carbocycles. The molecule has 18 N–H and O–H groups in total. The summed E-state index contributed by atoms with van der Waals surface area (Å²) in [7, 11) is 0. The summed E-state index contributed by atoms with van der Waals surface area (Å²) in [4.78, 5) is 176. The van der Waals surface area contributed by atoms with Crippen molar-refractivity contribution in [3.8, 4) is 5.75 Å². The molecule has 11 amide bonds. The van der Waals surface area contributed by atoms with E-state index in [2.05, 4.69) is 42.5 Å². The predicted octanol–water partition coefficient (Wildman–Crippen LogP) is -4.84. The largest absolute Gasteiger partial charge is 0.508 e. The number of hydrogen-bond acceptors (Lipinski definition) is 19. The molecular formula is C55H86N12O19S. The number of nitrogens with zero attached hydrogens (tertiary/aromatic N) is 2. The molecule has 87 heavy (non-hydrogen) atoms. The normalized spacial score (nSPS) is 18.3. The molecule has 1 aromatic carbocycles. The highest BCUT2D eigenvalue weighted by molar-refractivity contribution is 7.98. The number of nitrogens with one attached hydrogen (secondary N) is 8. The van der Waals surface area contributed by atoms with Crippen LogP contribution in [0.3, 0.4) is 0 Å². The molecule has 0 unspecified atom stereocenters. The van der Waals surface area contributed by atoms with Gasteiger partial charge in [-0.2, -0.15) is 11.8 Å². The number of amides is 11. The molecule has 1 aromatic rings. The van der Waals surface area contributed by atoms with E-state index in [1.165, 1.54) is 36.0 Å². The molecule has 31 nitrogen and oxygen atoms in total. The lowest BCUT2D eigenvalue weighted by Gasteiger charge is -2.31. The van der Waals surface area contributed by atoms with Crippen LogP contribution in [-0.4, -0.2) is 228 Å². The van der Waals surface area contributed by atoms with Crippen LogP contribution in [0.2, 0.25) is 0 Å². The zero-order chi connectivity index (χ0) is 65.4. The Morgan fingerprint density at radius 3 is 1.55 bits per heavy atom. The predicted molar refractivity (Wildman–Crippen MR) is 311 cm³/mol. The number of benzene rings is 1. The van der Waals surface area contributed by atoms with Crippen molar-refractivity contribution in [1.29, 1.82) is 0 Å². The number of carboxylic acid groups (broad SMARTS) is 2. The molecule has 2 saturated heterocycles. The lowest BCUT2D eigenvalue weighted by Crippen LogP contribution is -2.62. The summed E-state index contributed by atoms with van der Waals surface area (Å²) in [5.41, 5.74) is 11.9. The first-order valence-corrected chi connectivity index (χ1v) is 30.0. The smallest absolute Gasteiger partial charge is 0.326 e. The molecule has 0 bridgehead atoms. The zero-order valence-corrected chi connectivity index (χ0v) is 50.5. The number of aliphatic hydroxyl groups is 3. The highest BCUT2D eigenvalue weighted by Crippen LogP contribution is 2.22. The summed E-state index contributed by atoms with van der Waals surface area (Å²) < 4.78 is 0. The summed E-state index contributed by atoms with van der Waals surface area (Å²) in [5.74, 6) is -13.6. The van der Waals surface area contributed by atoms with E-state index in [0.717, 1.165) is 16.7 Å². The minimum Gasteiger partial charge on any atom is -0.508 e. The quantitative estimate of drug-likeness (QED) is 0.0300. The van der Waals surface area contributed by atoms with E-state index >= 15 is 0 Å². The van der Waals surface area contributed by atoms with Crippen molar-refractivity contribution in [3.63, 3.8) is 0 Å². The van der Waals surface area contributed by atoms with Gasteiger partial charge in [-0.15, -0.1) is 0 Å². The van der Waals surface area contributed by atoms with E-state index in [9.17, 15) is 93.0 Å². The maximum atomic E-state index is 14.3. The number of carboxylic acids is 2. The number of hydrogen-bond donors (Lipinski definition) is 16. The van der Waals surface area contributed by atoms with Crippen LogP contribution in [0.1, 0.15) is 104 Å². The molecule has 32 heteroatoms. The van der Waals surface area contributed by atoms with Crippen LogP contribution in [0.5, 0.6) is 5.75 Å². The van der Waals surface area contributed by atoms with Crippen molar-refractivity contribution in [1.82, 2.24) is 52.3 Å². The van der Waals surface area contributed by atoms with Crippen LogP contribution in [0.4, 0.5) is 0 Å². The van der Waals surface area contributed by atoms with E-state index in [0.29, 0.717) is 5.56 Å². The third kappa shape index (κ3) is 23.5. The van der Waals surface area contributed by atoms with Gasteiger partial charge in [-0.05, 0) is 99.8 Å². The number of primary amides is 1. The van der Waals surface area contributed by atoms with E-state index in [1.807, 2.05) is 13.8 Å². The van der Waals surface area contributed by atoms with Gasteiger partial charge in [0.1, 0.15) is 66.2 Å². The zero-order valence-electron chi connectivity index (χ0n) is 49.7. The average Bonchev–Trinajstić information content (AvgIpc) is 2.64. The van der Waals surface area contributed by atoms with Crippen LogP contribution in [0.25, 0.3) is 0 Å². The van der Waals surface area contributed by atoms with Gasteiger partial charge in [-0.25, -0.2) is 4.79 Å². The van der Waals surface area contributed by atoms with Crippen molar-refractivity contribution >= 4 is 88.7 Å². The standard InChI is InChI=1S/C55H86N12O19S/c1-27(2)21-32(56)45(75)60-35(23-30-11-13-31(71)14-12-30)48(78)65-44(29(5)70)52(82)64-39(26-69)54(84)67-19-8-10-41(67)51(81)63-38(25-68)49(79)59-34(17-20-87-6)53(83)66-18-7-9-40(66)50(80)58-33(15-16-43(73)74)46(76)61-36(24-42(57)72)47(77)62-37(55(85)86)22-28(3)4/h11-14,27-29,32-41,44,68-71H,7-10,15-26,56H2,1-6H3,(H2,57,72)(H,58,80)(H,59,79)(H,60,75)(H,61,76)(H,62,77)(H,63,81)(H,64,82)(H,65,78)(H,73,74)(H,85,86)/t29-,32+,33+,34+,35+,36+,37+,38+,39+,40+,41+,44+/m1/s1. The number of nitrogens with two attached hydrogens (primary N) is 2. The third-order valence-electron chi connectivity index (χ3n) is 14.3. The Hall–Kier alpha value is -7.68. The molecular weight excluding hydrogens is 1160 g/mol. The first kappa shape index (κ1) is 73.6. The maximum Gasteiger partial charge on any atom is 0.326 e. The summed E-state index contributed by atoms with van der Waals surface area (Å²) in [6, 6.07) is -10.8. The van der Waals surface area contributed by atoms with Gasteiger partial charge in [0.05, 0.1) is 31.8 Å². The Bertz CT molecular complexity index is 2600. The number of aliphatic hydroxyl groups excluding tert-OH is 3. The number of phenols is 1. The number of rotatable bonds is 36. The Kier molecular flexibility index (Phi) is 30.3. The highest BCUT2D eigenvalue weighted by atomic mass is 32.2. The van der Waals surface area contributed by atoms with Gasteiger partial charge in [-0.1, -0.05) is 39.8 Å². The molecule has 2 aliphatic rings. The Labute approximate surface area is 507 Å². The number of aliphatic carboxylic acids is 2. The molecule has 0 radical (unpaired) electrons. The van der Waals surface area contributed by atoms with Crippen molar-refractivity contribution in [2.45, 2.75) is 178 Å². The second-order valence-corrected chi connectivity index (χ2v) is 23.3. The van der Waals surface area contributed by atoms with Gasteiger partial charge in [-0.3, -0.25) is 57.5 Å². The highest BCUT2D eigenvalue weighted by Gasteiger charge is 2.43. The summed E-state index contributed by atoms with van der Waals surface area (Å²) in [6.07, 6.45) is -1.41. The fraction of sp³-hybridized carbons (Fsp3) is 0.655. The molecule has 2 fully saturated rings. The van der Waals surface area contributed by atoms with Crippen molar-refractivity contribution in [2.75, 3.05) is 38.3 Å². The Balaban J connectivity index is 1.76. The topological polar surface area (TPSA) is 498 Å². The molecule has 0 spiro atoms. The van der Waals surface area contributed by atoms with Crippen molar-refractivity contribution in [3.05, 3.63) is 29.8 Å². The number of thioether (sulfide) groups is 1. The van der Waals surface area contributed by atoms with Crippen LogP contribution in [0.15, 0.2) is 24.3 Å². The second kappa shape index (κ2) is 35.8. The average molecular weight is 1250 g/mol. The third-order valence-corrected chi connectivity index (χ3v) is 14.9. The van der Waals surface area contributed by atoms with E-state index in [-0.39, 0.29) is 87.8 Å². The number of carbonyl (C=O) groups excluding carboxylic acids is 11. The Morgan fingerprint density at radius 1 is 0.586 bits per heavy atom. The minimum absolute atomic E-state index is 0.00573. The van der Waals surface area contributed by atoms with E-state index in [4.69, 9.17) is 11.5 Å². The molecule has 2 heterocycles. The molecule has 0 aromatic heterocycles. The number of aromatic hydroxyl groups is 1. The fourth-order valence-electron chi connectivity index (χ4n) is 9.76. The van der Waals surface area contributed by atoms with Crippen LogP contribution < -0.4 is 54.0 Å². The molecule has 3 rings (SSSR count). The lowest BCUT2D eigenvalue weighted by atomic mass is 10.0. The van der Waals surface area contributed by atoms with Gasteiger partial charge in [0.15, 0.2) is 0 Å². The summed E-state index contributed by atoms with van der Waals surface area (Å²) >= 11 is 1.29. The van der Waals surface area contributed by atoms with Crippen molar-refractivity contribution < 1.29 is 93.0 Å². The molecule has 2 aliphatic heterocycles. The van der Waals surface area contributed by atoms with Gasteiger partial charge in [0, 0.05) is 25.9 Å². The summed E-state index contributed by atoms with van der Waals surface area (Å²) in [6.45, 7) is 6.05. The van der Waals surface area contributed by atoms with Gasteiger partial charge < -0.3 is 94.4 Å². The van der Waals surface area contributed by atoms with E-state index < -0.39 is 182 Å². The first-order valence-electron chi connectivity index (χ1n) is 28.6. The van der Waals surface area contributed by atoms with Crippen LogP contribution >= 0.6 is 11.8 Å². The number of likely N-dealkylation sites (tertiary alicyclic amines) is 2. The van der Waals surface area contributed by atoms with Gasteiger partial charge in [0.2, 0.25) is 65.0 Å². The molecule has 0 saturated carbocycles. The van der Waals surface area contributed by atoms with Gasteiger partial charge >= 0.3 is 11.9 Å². The number of carbonyl (C=O) groups is 13. The Morgan fingerprint density at radius 2 is 1.06 bits per heavy atom. The van der Waals surface area contributed by atoms with Crippen LogP contribution in [-0.2, 0) is 68.7 Å². The van der Waals surface area contributed by atoms with Gasteiger partial charge in [0.25, 0.3) is 0 Å². The maximum absolute atomic E-state index is 14.3. The monoisotopic (exact) mass is 1250 g/mol. The number of phenolic OH excluding ortho intramolecular Hbond substituents is 1. The molecule has 12 atom stereocenters. The van der Waals surface area contributed by atoms with Crippen LogP contribution in [0, 0.1) is 11.8 Å². The SMILES string of the molecule is CSCC[C@H](NC(=O)[C@H](CO)NC(=O)[C@@H]1CCCN1C(=O)[C@H](CO)NC(=O)[C@@H](NC(=O)[C@H](Cc1ccc(O)cc1)NC(=O)[C@@H](N)CC(C)C)[C@@H](C)O)C(=O)N1CCC[C@H]1C(=O)N[C@@H](CCC(=O)O)C(=O)N[C@@H](CC(N)=O)C(=O)N[C@@H](CC(C)C)C(=O)O. The fourth-order valence-corrected chi connectivity index (χ4v) is 10.2. The summed E-state index contributed by atoms with van der Waals surface area (Å²) in [5, 5.41) is 79.6. The molecule has 486 valence electrons. The van der Waals surface area contributed by atoms with Crippen molar-refractivity contribution in [2.24, 2.45) is 23.3 Å². The minimum atomic E-state index is -1.78. The first-order chi connectivity index (χ1) is 40.9. The second-order valence-electron chi connectivity index (χ2n) is 22.4. The lowest BCUT2D eigenvalue weighted by molar-refractivity contribution is -0.144. The van der Waals surface area contributed by atoms with E-state index in [1.54, 1.807) is 20.1 Å².